The predicted molar refractivity (Wildman–Crippen MR) is 100 cm³/mol. The third-order valence-corrected chi connectivity index (χ3v) is 4.36. The number of halogens is 2. The highest BCUT2D eigenvalue weighted by Gasteiger charge is 2.19. The summed E-state index contributed by atoms with van der Waals surface area (Å²) in [5.41, 5.74) is 0. The maximum absolute atomic E-state index is 9.58. The second-order valence-corrected chi connectivity index (χ2v) is 6.66. The van der Waals surface area contributed by atoms with Crippen LogP contribution in [0.5, 0.6) is 0 Å². The number of nitrogens with zero attached hydrogens (tertiary/aromatic N) is 2. The maximum Gasteiger partial charge on any atom is 0.191 e. The molecule has 0 atom stereocenters. The highest BCUT2D eigenvalue weighted by Crippen LogP contribution is 2.22. The van der Waals surface area contributed by atoms with E-state index in [1.54, 1.807) is 12.3 Å². The monoisotopic (exact) mass is 373 g/mol. The first-order valence-electron chi connectivity index (χ1n) is 8.36. The number of rotatable bonds is 6. The van der Waals surface area contributed by atoms with E-state index in [9.17, 15) is 5.11 Å². The number of aliphatic hydroxyl groups excluding tert-OH is 1. The molecule has 1 aliphatic carbocycles. The van der Waals surface area contributed by atoms with E-state index in [-0.39, 0.29) is 6.10 Å². The Kier molecular flexibility index (Phi) is 7.88. The van der Waals surface area contributed by atoms with Gasteiger partial charge in [0.1, 0.15) is 5.82 Å². The number of nitrogens with one attached hydrogen (secondary N) is 3. The molecule has 1 aromatic rings. The molecule has 0 unspecified atom stereocenters. The first-order valence-corrected chi connectivity index (χ1v) is 9.12. The van der Waals surface area contributed by atoms with Gasteiger partial charge >= 0.3 is 0 Å². The van der Waals surface area contributed by atoms with Gasteiger partial charge < -0.3 is 21.1 Å². The minimum absolute atomic E-state index is 0.150. The minimum Gasteiger partial charge on any atom is -0.393 e. The van der Waals surface area contributed by atoms with E-state index in [1.807, 2.05) is 6.92 Å². The van der Waals surface area contributed by atoms with Gasteiger partial charge in [-0.3, -0.25) is 4.99 Å². The van der Waals surface area contributed by atoms with E-state index >= 15 is 0 Å². The van der Waals surface area contributed by atoms with Crippen molar-refractivity contribution >= 4 is 35.0 Å². The quantitative estimate of drug-likeness (QED) is 0.350. The van der Waals surface area contributed by atoms with Crippen molar-refractivity contribution in [2.24, 2.45) is 4.99 Å². The van der Waals surface area contributed by atoms with Crippen LogP contribution in [-0.2, 0) is 0 Å². The normalized spacial score (nSPS) is 21.4. The van der Waals surface area contributed by atoms with E-state index in [4.69, 9.17) is 23.2 Å². The Morgan fingerprint density at radius 1 is 1.33 bits per heavy atom. The van der Waals surface area contributed by atoms with Gasteiger partial charge in [-0.1, -0.05) is 23.2 Å². The van der Waals surface area contributed by atoms with E-state index in [1.165, 1.54) is 0 Å². The van der Waals surface area contributed by atoms with Crippen molar-refractivity contribution in [2.75, 3.05) is 25.0 Å². The fraction of sp³-hybridized carbons (Fsp3) is 0.625. The number of aliphatic imine (C=N–C) groups is 1. The minimum atomic E-state index is -0.150. The van der Waals surface area contributed by atoms with Crippen molar-refractivity contribution in [1.29, 1.82) is 0 Å². The van der Waals surface area contributed by atoms with Crippen molar-refractivity contribution in [3.8, 4) is 0 Å². The van der Waals surface area contributed by atoms with Crippen molar-refractivity contribution < 1.29 is 5.11 Å². The Morgan fingerprint density at radius 3 is 2.75 bits per heavy atom. The topological polar surface area (TPSA) is 81.6 Å². The smallest absolute Gasteiger partial charge is 0.191 e. The zero-order valence-electron chi connectivity index (χ0n) is 13.9. The standard InChI is InChI=1S/C16H25Cl2N5O/c1-2-19-16(23-12-3-5-13(24)6-4-12)21-8-7-20-15-14(18)9-11(17)10-22-15/h9-10,12-13,24H,2-8H2,1H3,(H,20,22)(H2,19,21,23). The van der Waals surface area contributed by atoms with Gasteiger partial charge in [0, 0.05) is 25.3 Å². The van der Waals surface area contributed by atoms with Crippen LogP contribution in [0.15, 0.2) is 17.3 Å². The maximum atomic E-state index is 9.58. The molecule has 2 rings (SSSR count). The molecule has 8 heteroatoms. The third kappa shape index (κ3) is 6.34. The molecule has 0 aromatic carbocycles. The highest BCUT2D eigenvalue weighted by atomic mass is 35.5. The average Bonchev–Trinajstić information content (AvgIpc) is 2.55. The molecule has 0 radical (unpaired) electrons. The average molecular weight is 374 g/mol. The van der Waals surface area contributed by atoms with Gasteiger partial charge in [0.25, 0.3) is 0 Å². The molecule has 134 valence electrons. The molecule has 1 heterocycles. The second-order valence-electron chi connectivity index (χ2n) is 5.82. The fourth-order valence-corrected chi connectivity index (χ4v) is 3.07. The first kappa shape index (κ1) is 19.1. The van der Waals surface area contributed by atoms with Crippen molar-refractivity contribution in [2.45, 2.75) is 44.8 Å². The van der Waals surface area contributed by atoms with Gasteiger partial charge in [-0.2, -0.15) is 0 Å². The molecule has 0 spiro atoms. The van der Waals surface area contributed by atoms with Crippen molar-refractivity contribution in [3.63, 3.8) is 0 Å². The molecule has 1 aromatic heterocycles. The summed E-state index contributed by atoms with van der Waals surface area (Å²) in [6.45, 7) is 4.05. The molecule has 1 aliphatic rings. The molecule has 1 saturated carbocycles. The lowest BCUT2D eigenvalue weighted by atomic mass is 9.93. The zero-order valence-corrected chi connectivity index (χ0v) is 15.4. The molecule has 6 nitrogen and oxygen atoms in total. The largest absolute Gasteiger partial charge is 0.393 e. The molecular weight excluding hydrogens is 349 g/mol. The summed E-state index contributed by atoms with van der Waals surface area (Å²) in [6.07, 6.45) is 5.03. The molecular formula is C16H25Cl2N5O. The summed E-state index contributed by atoms with van der Waals surface area (Å²) < 4.78 is 0. The summed E-state index contributed by atoms with van der Waals surface area (Å²) in [6, 6.07) is 2.02. The zero-order chi connectivity index (χ0) is 17.4. The predicted octanol–water partition coefficient (Wildman–Crippen LogP) is 2.66. The van der Waals surface area contributed by atoms with Crippen LogP contribution in [0.1, 0.15) is 32.6 Å². The van der Waals surface area contributed by atoms with Crippen LogP contribution in [0.2, 0.25) is 10.0 Å². The molecule has 24 heavy (non-hydrogen) atoms. The summed E-state index contributed by atoms with van der Waals surface area (Å²) in [4.78, 5) is 8.71. The van der Waals surface area contributed by atoms with Gasteiger partial charge in [0.15, 0.2) is 5.96 Å². The Balaban J connectivity index is 1.80. The van der Waals surface area contributed by atoms with E-state index in [2.05, 4.69) is 25.9 Å². The van der Waals surface area contributed by atoms with Gasteiger partial charge in [-0.05, 0) is 38.7 Å². The number of anilines is 1. The number of aromatic nitrogens is 1. The molecule has 0 saturated heterocycles. The van der Waals surface area contributed by atoms with Crippen molar-refractivity contribution in [3.05, 3.63) is 22.3 Å². The Morgan fingerprint density at radius 2 is 2.08 bits per heavy atom. The third-order valence-electron chi connectivity index (χ3n) is 3.86. The highest BCUT2D eigenvalue weighted by molar-refractivity contribution is 6.35. The van der Waals surface area contributed by atoms with Gasteiger partial charge in [0.05, 0.1) is 22.7 Å². The molecule has 4 N–H and O–H groups in total. The molecule has 1 fully saturated rings. The van der Waals surface area contributed by atoms with Gasteiger partial charge in [-0.15, -0.1) is 0 Å². The lowest BCUT2D eigenvalue weighted by Gasteiger charge is -2.27. The summed E-state index contributed by atoms with van der Waals surface area (Å²) in [5, 5.41) is 20.4. The van der Waals surface area contributed by atoms with E-state index in [0.29, 0.717) is 35.0 Å². The van der Waals surface area contributed by atoms with Crippen LogP contribution in [0.4, 0.5) is 5.82 Å². The van der Waals surface area contributed by atoms with Gasteiger partial charge in [0.2, 0.25) is 0 Å². The van der Waals surface area contributed by atoms with E-state index in [0.717, 1.165) is 38.2 Å². The summed E-state index contributed by atoms with van der Waals surface area (Å²) in [5.74, 6) is 1.41. The van der Waals surface area contributed by atoms with Crippen LogP contribution in [0.3, 0.4) is 0 Å². The lowest BCUT2D eigenvalue weighted by Crippen LogP contribution is -2.45. The lowest BCUT2D eigenvalue weighted by molar-refractivity contribution is 0.120. The number of hydrogen-bond acceptors (Lipinski definition) is 4. The SMILES string of the molecule is CCNC(=NCCNc1ncc(Cl)cc1Cl)NC1CCC(O)CC1. The van der Waals surface area contributed by atoms with Crippen LogP contribution in [-0.4, -0.2) is 47.8 Å². The molecule has 0 amide bonds. The first-order chi connectivity index (χ1) is 11.6. The van der Waals surface area contributed by atoms with Crippen LogP contribution < -0.4 is 16.0 Å². The van der Waals surface area contributed by atoms with Crippen molar-refractivity contribution in [1.82, 2.24) is 15.6 Å². The Hall–Kier alpha value is -1.24. The molecule has 0 aliphatic heterocycles. The van der Waals surface area contributed by atoms with Crippen LogP contribution in [0, 0.1) is 0 Å². The second kappa shape index (κ2) is 9.91. The number of hydrogen-bond donors (Lipinski definition) is 4. The number of aliphatic hydroxyl groups is 1. The molecule has 0 bridgehead atoms. The van der Waals surface area contributed by atoms with Crippen LogP contribution >= 0.6 is 23.2 Å². The summed E-state index contributed by atoms with van der Waals surface area (Å²) in [7, 11) is 0. The number of pyridine rings is 1. The van der Waals surface area contributed by atoms with E-state index < -0.39 is 0 Å². The van der Waals surface area contributed by atoms with Gasteiger partial charge in [-0.25, -0.2) is 4.98 Å². The Bertz CT molecular complexity index is 547. The Labute approximate surface area is 153 Å². The number of guanidine groups is 1. The summed E-state index contributed by atoms with van der Waals surface area (Å²) >= 11 is 11.9. The van der Waals surface area contributed by atoms with Crippen LogP contribution in [0.25, 0.3) is 0 Å². The fourth-order valence-electron chi connectivity index (χ4n) is 2.62.